The molecule has 2 rings (SSSR count). The van der Waals surface area contributed by atoms with Crippen molar-refractivity contribution in [1.82, 2.24) is 5.32 Å². The van der Waals surface area contributed by atoms with E-state index in [9.17, 15) is 14.7 Å². The normalized spacial score (nSPS) is 17.6. The highest BCUT2D eigenvalue weighted by Gasteiger charge is 2.41. The quantitative estimate of drug-likeness (QED) is 0.861. The molecule has 0 saturated heterocycles. The van der Waals surface area contributed by atoms with E-state index in [-0.39, 0.29) is 12.4 Å². The molecule has 0 unspecified atom stereocenters. The average Bonchev–Trinajstić information content (AvgIpc) is 2.89. The van der Waals surface area contributed by atoms with Crippen LogP contribution in [0.4, 0.5) is 0 Å². The van der Waals surface area contributed by atoms with E-state index in [1.807, 2.05) is 0 Å². The van der Waals surface area contributed by atoms with Crippen LogP contribution < -0.4 is 5.32 Å². The minimum atomic E-state index is -1.16. The van der Waals surface area contributed by atoms with Gasteiger partial charge in [-0.2, -0.15) is 0 Å². The second kappa shape index (κ2) is 6.09. The molecule has 6 nitrogen and oxygen atoms in total. The Morgan fingerprint density at radius 2 is 2.05 bits per heavy atom. The van der Waals surface area contributed by atoms with Crippen LogP contribution in [0.25, 0.3) is 0 Å². The van der Waals surface area contributed by atoms with E-state index in [0.717, 1.165) is 19.3 Å². The van der Waals surface area contributed by atoms with Crippen molar-refractivity contribution in [3.63, 3.8) is 0 Å². The number of ether oxygens (including phenoxy) is 1. The Balaban J connectivity index is 2.09. The van der Waals surface area contributed by atoms with Crippen molar-refractivity contribution in [2.45, 2.75) is 44.2 Å². The minimum Gasteiger partial charge on any atom is -0.480 e. The first-order chi connectivity index (χ1) is 9.57. The number of aliphatic carboxylic acids is 1. The lowest BCUT2D eigenvalue weighted by atomic mass is 9.81. The van der Waals surface area contributed by atoms with Gasteiger partial charge in [0.15, 0.2) is 5.76 Å². The lowest BCUT2D eigenvalue weighted by Crippen LogP contribution is -2.55. The van der Waals surface area contributed by atoms with Crippen LogP contribution in [-0.2, 0) is 16.1 Å². The molecule has 1 heterocycles. The zero-order chi connectivity index (χ0) is 14.6. The van der Waals surface area contributed by atoms with Crippen molar-refractivity contribution in [2.24, 2.45) is 0 Å². The van der Waals surface area contributed by atoms with Crippen molar-refractivity contribution in [3.05, 3.63) is 23.7 Å². The average molecular weight is 281 g/mol. The molecule has 1 aromatic rings. The number of amides is 1. The molecule has 110 valence electrons. The highest BCUT2D eigenvalue weighted by atomic mass is 16.5. The van der Waals surface area contributed by atoms with Gasteiger partial charge in [-0.15, -0.1) is 0 Å². The highest BCUT2D eigenvalue weighted by Crippen LogP contribution is 2.29. The van der Waals surface area contributed by atoms with E-state index in [4.69, 9.17) is 9.15 Å². The third kappa shape index (κ3) is 3.01. The summed E-state index contributed by atoms with van der Waals surface area (Å²) in [6, 6.07) is 3.18. The topological polar surface area (TPSA) is 88.8 Å². The molecule has 0 bridgehead atoms. The Morgan fingerprint density at radius 3 is 2.65 bits per heavy atom. The van der Waals surface area contributed by atoms with E-state index in [0.29, 0.717) is 18.6 Å². The van der Waals surface area contributed by atoms with Crippen molar-refractivity contribution in [2.75, 3.05) is 7.11 Å². The van der Waals surface area contributed by atoms with Gasteiger partial charge in [-0.1, -0.05) is 19.3 Å². The summed E-state index contributed by atoms with van der Waals surface area (Å²) in [6.07, 6.45) is 3.53. The molecule has 1 aliphatic rings. The number of carbonyl (C=O) groups excluding carboxylic acids is 1. The first-order valence-electron chi connectivity index (χ1n) is 6.71. The Bertz CT molecular complexity index is 488. The number of hydrogen-bond donors (Lipinski definition) is 2. The fourth-order valence-corrected chi connectivity index (χ4v) is 2.55. The standard InChI is InChI=1S/C14H19NO5/c1-19-9-10-5-6-11(20-10)12(16)15-14(13(17)18)7-3-2-4-8-14/h5-6H,2-4,7-9H2,1H3,(H,15,16)(H,17,18). The summed E-state index contributed by atoms with van der Waals surface area (Å²) < 4.78 is 10.2. The van der Waals surface area contributed by atoms with Gasteiger partial charge in [0.1, 0.15) is 17.9 Å². The van der Waals surface area contributed by atoms with E-state index in [1.54, 1.807) is 6.07 Å². The molecule has 1 saturated carbocycles. The number of carbonyl (C=O) groups is 2. The molecule has 2 N–H and O–H groups in total. The molecule has 1 fully saturated rings. The van der Waals surface area contributed by atoms with Crippen LogP contribution in [-0.4, -0.2) is 29.6 Å². The molecule has 6 heteroatoms. The molecule has 20 heavy (non-hydrogen) atoms. The van der Waals surface area contributed by atoms with E-state index in [1.165, 1.54) is 13.2 Å². The van der Waals surface area contributed by atoms with Crippen LogP contribution in [0.5, 0.6) is 0 Å². The van der Waals surface area contributed by atoms with Gasteiger partial charge in [0.05, 0.1) is 0 Å². The van der Waals surface area contributed by atoms with E-state index >= 15 is 0 Å². The zero-order valence-electron chi connectivity index (χ0n) is 11.5. The number of carboxylic acids is 1. The number of nitrogens with one attached hydrogen (secondary N) is 1. The van der Waals surface area contributed by atoms with Crippen molar-refractivity contribution in [1.29, 1.82) is 0 Å². The Labute approximate surface area is 117 Å². The second-order valence-electron chi connectivity index (χ2n) is 5.10. The van der Waals surface area contributed by atoms with Gasteiger partial charge >= 0.3 is 5.97 Å². The predicted octanol–water partition coefficient (Wildman–Crippen LogP) is 1.94. The molecule has 0 aliphatic heterocycles. The van der Waals surface area contributed by atoms with Gasteiger partial charge in [0.2, 0.25) is 0 Å². The predicted molar refractivity (Wildman–Crippen MR) is 70.3 cm³/mol. The molecule has 0 aromatic carbocycles. The van der Waals surface area contributed by atoms with E-state index < -0.39 is 17.4 Å². The summed E-state index contributed by atoms with van der Waals surface area (Å²) in [5.41, 5.74) is -1.16. The molecule has 0 radical (unpaired) electrons. The number of rotatable bonds is 5. The summed E-state index contributed by atoms with van der Waals surface area (Å²) in [5, 5.41) is 12.0. The van der Waals surface area contributed by atoms with Crippen LogP contribution in [0.1, 0.15) is 48.4 Å². The maximum atomic E-state index is 12.1. The molecule has 1 amide bonds. The monoisotopic (exact) mass is 281 g/mol. The molecule has 0 spiro atoms. The number of methoxy groups -OCH3 is 1. The van der Waals surface area contributed by atoms with Gasteiger partial charge in [0.25, 0.3) is 5.91 Å². The fraction of sp³-hybridized carbons (Fsp3) is 0.571. The lowest BCUT2D eigenvalue weighted by Gasteiger charge is -2.33. The van der Waals surface area contributed by atoms with Crippen LogP contribution in [0, 0.1) is 0 Å². The van der Waals surface area contributed by atoms with Gasteiger partial charge in [0, 0.05) is 7.11 Å². The van der Waals surface area contributed by atoms with Gasteiger partial charge in [-0.25, -0.2) is 4.79 Å². The van der Waals surface area contributed by atoms with Gasteiger partial charge < -0.3 is 19.6 Å². The second-order valence-corrected chi connectivity index (χ2v) is 5.10. The van der Waals surface area contributed by atoms with Crippen LogP contribution in [0.15, 0.2) is 16.5 Å². The number of carboxylic acid groups (broad SMARTS) is 1. The SMILES string of the molecule is COCc1ccc(C(=O)NC2(C(=O)O)CCCCC2)o1. The fourth-order valence-electron chi connectivity index (χ4n) is 2.55. The van der Waals surface area contributed by atoms with Gasteiger partial charge in [-0.05, 0) is 25.0 Å². The van der Waals surface area contributed by atoms with Crippen molar-refractivity contribution in [3.8, 4) is 0 Å². The summed E-state index contributed by atoms with van der Waals surface area (Å²) in [7, 11) is 1.53. The minimum absolute atomic E-state index is 0.114. The summed E-state index contributed by atoms with van der Waals surface area (Å²) in [5.74, 6) is -0.820. The summed E-state index contributed by atoms with van der Waals surface area (Å²) in [4.78, 5) is 23.6. The molecular formula is C14H19NO5. The number of hydrogen-bond acceptors (Lipinski definition) is 4. The third-order valence-corrected chi connectivity index (χ3v) is 3.64. The first kappa shape index (κ1) is 14.6. The van der Waals surface area contributed by atoms with Crippen LogP contribution >= 0.6 is 0 Å². The van der Waals surface area contributed by atoms with Gasteiger partial charge in [-0.3, -0.25) is 4.79 Å². The zero-order valence-corrected chi connectivity index (χ0v) is 11.5. The smallest absolute Gasteiger partial charge is 0.329 e. The van der Waals surface area contributed by atoms with Crippen LogP contribution in [0.3, 0.4) is 0 Å². The van der Waals surface area contributed by atoms with Crippen molar-refractivity contribution >= 4 is 11.9 Å². The van der Waals surface area contributed by atoms with E-state index in [2.05, 4.69) is 5.32 Å². The lowest BCUT2D eigenvalue weighted by molar-refractivity contribution is -0.145. The maximum Gasteiger partial charge on any atom is 0.329 e. The summed E-state index contributed by atoms with van der Waals surface area (Å²) >= 11 is 0. The molecule has 0 atom stereocenters. The molecule has 1 aromatic heterocycles. The first-order valence-corrected chi connectivity index (χ1v) is 6.71. The highest BCUT2D eigenvalue weighted by molar-refractivity contribution is 5.95. The molecule has 1 aliphatic carbocycles. The Hall–Kier alpha value is -1.82. The third-order valence-electron chi connectivity index (χ3n) is 3.64. The van der Waals surface area contributed by atoms with Crippen molar-refractivity contribution < 1.29 is 23.8 Å². The molecular weight excluding hydrogens is 262 g/mol. The Kier molecular flexibility index (Phi) is 4.44. The Morgan fingerprint density at radius 1 is 1.35 bits per heavy atom. The largest absolute Gasteiger partial charge is 0.480 e. The number of furan rings is 1. The maximum absolute atomic E-state index is 12.1. The van der Waals surface area contributed by atoms with Crippen LogP contribution in [0.2, 0.25) is 0 Å². The summed E-state index contributed by atoms with van der Waals surface area (Å²) in [6.45, 7) is 0.275.